The molecule has 134 valence electrons. The highest BCUT2D eigenvalue weighted by Crippen LogP contribution is 2.18. The molecule has 27 heavy (non-hydrogen) atoms. The summed E-state index contributed by atoms with van der Waals surface area (Å²) in [6, 6.07) is 22.9. The average Bonchev–Trinajstić information content (AvgIpc) is 3.11. The molecule has 4 aromatic rings. The molecular weight excluding hydrogens is 338 g/mol. The third-order valence-corrected chi connectivity index (χ3v) is 4.42. The summed E-state index contributed by atoms with van der Waals surface area (Å²) in [7, 11) is 1.60. The van der Waals surface area contributed by atoms with E-state index in [0.29, 0.717) is 23.5 Å². The molecule has 0 bridgehead atoms. The molecule has 1 aromatic heterocycles. The molecule has 0 radical (unpaired) electrons. The van der Waals surface area contributed by atoms with Gasteiger partial charge in [-0.05, 0) is 42.0 Å². The van der Waals surface area contributed by atoms with E-state index in [4.69, 9.17) is 4.74 Å². The van der Waals surface area contributed by atoms with Gasteiger partial charge in [-0.15, -0.1) is 0 Å². The molecule has 0 saturated carbocycles. The van der Waals surface area contributed by atoms with Crippen LogP contribution in [0.5, 0.6) is 5.75 Å². The molecule has 0 aliphatic heterocycles. The smallest absolute Gasteiger partial charge is 0.255 e. The number of methoxy groups -OCH3 is 1. The van der Waals surface area contributed by atoms with E-state index in [-0.39, 0.29) is 5.91 Å². The van der Waals surface area contributed by atoms with Gasteiger partial charge in [-0.3, -0.25) is 4.79 Å². The van der Waals surface area contributed by atoms with Gasteiger partial charge in [-0.1, -0.05) is 30.3 Å². The Bertz CT molecular complexity index is 1080. The monoisotopic (exact) mass is 357 g/mol. The third kappa shape index (κ3) is 3.67. The summed E-state index contributed by atoms with van der Waals surface area (Å²) in [6.45, 7) is 0.707. The zero-order valence-corrected chi connectivity index (χ0v) is 14.9. The van der Waals surface area contributed by atoms with E-state index in [2.05, 4.69) is 20.9 Å². The number of hydrogen-bond donors (Lipinski definition) is 1. The first-order valence-corrected chi connectivity index (χ1v) is 8.67. The molecule has 0 atom stereocenters. The van der Waals surface area contributed by atoms with E-state index < -0.39 is 0 Å². The number of carbonyl (C=O) groups excluding carboxylic acids is 1. The van der Waals surface area contributed by atoms with Gasteiger partial charge in [0.1, 0.15) is 5.75 Å². The Kier molecular flexibility index (Phi) is 4.58. The van der Waals surface area contributed by atoms with E-state index in [0.717, 1.165) is 16.6 Å². The predicted octanol–water partition coefficient (Wildman–Crippen LogP) is 4.35. The number of benzene rings is 3. The Morgan fingerprint density at radius 2 is 1.85 bits per heavy atom. The molecule has 5 heteroatoms. The minimum absolute atomic E-state index is 0.150. The minimum atomic E-state index is -0.150. The number of hydrogen-bond acceptors (Lipinski definition) is 3. The Morgan fingerprint density at radius 1 is 1.04 bits per heavy atom. The molecule has 0 fully saturated rings. The molecular formula is C22H19N3O2. The normalized spacial score (nSPS) is 10.7. The third-order valence-electron chi connectivity index (χ3n) is 4.42. The molecule has 5 nitrogen and oxygen atoms in total. The van der Waals surface area contributed by atoms with Crippen molar-refractivity contribution in [3.05, 3.63) is 90.3 Å². The zero-order chi connectivity index (χ0) is 18.6. The molecule has 0 aliphatic carbocycles. The van der Waals surface area contributed by atoms with Crippen molar-refractivity contribution < 1.29 is 9.53 Å². The van der Waals surface area contributed by atoms with Crippen LogP contribution in [-0.4, -0.2) is 22.6 Å². The fourth-order valence-corrected chi connectivity index (χ4v) is 3.00. The van der Waals surface area contributed by atoms with Gasteiger partial charge in [0.25, 0.3) is 5.91 Å². The molecule has 1 N–H and O–H groups in total. The second-order valence-electron chi connectivity index (χ2n) is 6.24. The second-order valence-corrected chi connectivity index (χ2v) is 6.24. The number of nitrogens with one attached hydrogen (secondary N) is 1. The molecule has 3 aromatic carbocycles. The first-order valence-electron chi connectivity index (χ1n) is 8.67. The van der Waals surface area contributed by atoms with Crippen LogP contribution in [0.1, 0.15) is 15.9 Å². The van der Waals surface area contributed by atoms with Crippen LogP contribution in [0.3, 0.4) is 0 Å². The number of ether oxygens (including phenoxy) is 1. The lowest BCUT2D eigenvalue weighted by Gasteiger charge is -2.08. The number of imidazole rings is 1. The van der Waals surface area contributed by atoms with Crippen LogP contribution in [0.25, 0.3) is 11.0 Å². The van der Waals surface area contributed by atoms with Crippen LogP contribution >= 0.6 is 0 Å². The fourth-order valence-electron chi connectivity index (χ4n) is 3.00. The minimum Gasteiger partial charge on any atom is -0.497 e. The SMILES string of the molecule is COc1cccc(NC(=O)c2ccc(Cn3cnc4ccccc43)cc2)c1. The topological polar surface area (TPSA) is 56.1 Å². The van der Waals surface area contributed by atoms with Gasteiger partial charge in [0.15, 0.2) is 0 Å². The van der Waals surface area contributed by atoms with Gasteiger partial charge < -0.3 is 14.6 Å². The lowest BCUT2D eigenvalue weighted by atomic mass is 10.1. The molecule has 1 amide bonds. The van der Waals surface area contributed by atoms with Crippen LogP contribution in [0.4, 0.5) is 5.69 Å². The summed E-state index contributed by atoms with van der Waals surface area (Å²) in [5, 5.41) is 2.89. The van der Waals surface area contributed by atoms with Crippen LogP contribution < -0.4 is 10.1 Å². The van der Waals surface area contributed by atoms with Crippen molar-refractivity contribution in [2.24, 2.45) is 0 Å². The van der Waals surface area contributed by atoms with E-state index in [1.807, 2.05) is 67.0 Å². The van der Waals surface area contributed by atoms with Gasteiger partial charge in [-0.2, -0.15) is 0 Å². The Labute approximate surface area is 157 Å². The zero-order valence-electron chi connectivity index (χ0n) is 14.9. The molecule has 0 spiro atoms. The Balaban J connectivity index is 1.47. The van der Waals surface area contributed by atoms with E-state index in [1.54, 1.807) is 13.2 Å². The van der Waals surface area contributed by atoms with Crippen molar-refractivity contribution >= 4 is 22.6 Å². The second kappa shape index (κ2) is 7.33. The first kappa shape index (κ1) is 16.8. The summed E-state index contributed by atoms with van der Waals surface area (Å²) in [5.41, 5.74) is 4.49. The maximum absolute atomic E-state index is 12.4. The van der Waals surface area contributed by atoms with E-state index in [9.17, 15) is 4.79 Å². The van der Waals surface area contributed by atoms with Gasteiger partial charge in [0, 0.05) is 23.9 Å². The predicted molar refractivity (Wildman–Crippen MR) is 106 cm³/mol. The van der Waals surface area contributed by atoms with E-state index in [1.165, 1.54) is 0 Å². The summed E-state index contributed by atoms with van der Waals surface area (Å²) in [5.74, 6) is 0.554. The van der Waals surface area contributed by atoms with Crippen molar-refractivity contribution in [1.82, 2.24) is 9.55 Å². The Hall–Kier alpha value is -3.60. The number of para-hydroxylation sites is 2. The number of carbonyl (C=O) groups is 1. The lowest BCUT2D eigenvalue weighted by molar-refractivity contribution is 0.102. The summed E-state index contributed by atoms with van der Waals surface area (Å²) >= 11 is 0. The van der Waals surface area contributed by atoms with Crippen LogP contribution in [0.2, 0.25) is 0 Å². The van der Waals surface area contributed by atoms with Crippen LogP contribution in [0.15, 0.2) is 79.1 Å². The fraction of sp³-hybridized carbons (Fsp3) is 0.0909. The van der Waals surface area contributed by atoms with Crippen molar-refractivity contribution in [2.45, 2.75) is 6.54 Å². The molecule has 0 saturated heterocycles. The summed E-state index contributed by atoms with van der Waals surface area (Å²) in [4.78, 5) is 16.9. The molecule has 1 heterocycles. The van der Waals surface area contributed by atoms with Gasteiger partial charge in [-0.25, -0.2) is 4.98 Å². The van der Waals surface area contributed by atoms with Crippen molar-refractivity contribution in [2.75, 3.05) is 12.4 Å². The Morgan fingerprint density at radius 3 is 2.67 bits per heavy atom. The number of aromatic nitrogens is 2. The maximum atomic E-state index is 12.4. The van der Waals surface area contributed by atoms with E-state index >= 15 is 0 Å². The summed E-state index contributed by atoms with van der Waals surface area (Å²) in [6.07, 6.45) is 1.84. The number of rotatable bonds is 5. The highest BCUT2D eigenvalue weighted by molar-refractivity contribution is 6.04. The highest BCUT2D eigenvalue weighted by Gasteiger charge is 2.08. The van der Waals surface area contributed by atoms with Gasteiger partial charge in [0.2, 0.25) is 0 Å². The number of fused-ring (bicyclic) bond motifs is 1. The largest absolute Gasteiger partial charge is 0.497 e. The maximum Gasteiger partial charge on any atom is 0.255 e. The van der Waals surface area contributed by atoms with Crippen molar-refractivity contribution in [1.29, 1.82) is 0 Å². The number of anilines is 1. The van der Waals surface area contributed by atoms with Gasteiger partial charge in [0.05, 0.1) is 24.5 Å². The molecule has 0 unspecified atom stereocenters. The average molecular weight is 357 g/mol. The lowest BCUT2D eigenvalue weighted by Crippen LogP contribution is -2.12. The highest BCUT2D eigenvalue weighted by atomic mass is 16.5. The van der Waals surface area contributed by atoms with Crippen LogP contribution in [0, 0.1) is 0 Å². The molecule has 0 aliphatic rings. The molecule has 4 rings (SSSR count). The summed E-state index contributed by atoms with van der Waals surface area (Å²) < 4.78 is 7.28. The first-order chi connectivity index (χ1) is 13.2. The quantitative estimate of drug-likeness (QED) is 0.578. The van der Waals surface area contributed by atoms with Crippen molar-refractivity contribution in [3.8, 4) is 5.75 Å². The van der Waals surface area contributed by atoms with Crippen LogP contribution in [-0.2, 0) is 6.54 Å². The van der Waals surface area contributed by atoms with Crippen molar-refractivity contribution in [3.63, 3.8) is 0 Å². The standard InChI is InChI=1S/C22H19N3O2/c1-27-19-6-4-5-18(13-19)24-22(26)17-11-9-16(10-12-17)14-25-15-23-20-7-2-3-8-21(20)25/h2-13,15H,14H2,1H3,(H,24,26). The van der Waals surface area contributed by atoms with Gasteiger partial charge >= 0.3 is 0 Å². The number of amides is 1. The number of nitrogens with zero attached hydrogens (tertiary/aromatic N) is 2.